The minimum atomic E-state index is -0.159. The smallest absolute Gasteiger partial charge is 0.234 e. The summed E-state index contributed by atoms with van der Waals surface area (Å²) in [6.45, 7) is 7.52. The van der Waals surface area contributed by atoms with Gasteiger partial charge in [-0.1, -0.05) is 26.0 Å². The summed E-state index contributed by atoms with van der Waals surface area (Å²) in [7, 11) is 0. The van der Waals surface area contributed by atoms with E-state index in [1.165, 1.54) is 0 Å². The molecule has 0 unspecified atom stereocenters. The lowest BCUT2D eigenvalue weighted by Crippen LogP contribution is -2.29. The molecule has 0 spiro atoms. The van der Waals surface area contributed by atoms with Crippen LogP contribution in [0.5, 0.6) is 5.75 Å². The molecule has 0 heterocycles. The third kappa shape index (κ3) is 5.75. The van der Waals surface area contributed by atoms with Crippen LogP contribution in [-0.2, 0) is 11.3 Å². The number of nitrogens with two attached hydrogens (primary N) is 1. The van der Waals surface area contributed by atoms with Crippen LogP contribution in [0.25, 0.3) is 0 Å². The van der Waals surface area contributed by atoms with Gasteiger partial charge in [0, 0.05) is 12.1 Å². The van der Waals surface area contributed by atoms with Crippen LogP contribution in [0.15, 0.2) is 18.2 Å². The number of amides is 1. The van der Waals surface area contributed by atoms with Gasteiger partial charge in [-0.2, -0.15) is 0 Å². The Kier molecular flexibility index (Phi) is 6.36. The van der Waals surface area contributed by atoms with Gasteiger partial charge in [-0.15, -0.1) is 0 Å². The zero-order valence-corrected chi connectivity index (χ0v) is 12.0. The summed E-state index contributed by atoms with van der Waals surface area (Å²) in [5, 5.41) is 2.76. The minimum Gasteiger partial charge on any atom is -0.493 e. The van der Waals surface area contributed by atoms with Crippen molar-refractivity contribution in [3.63, 3.8) is 0 Å². The summed E-state index contributed by atoms with van der Waals surface area (Å²) < 4.78 is 5.81. The molecule has 4 nitrogen and oxygen atoms in total. The Hall–Kier alpha value is -1.55. The van der Waals surface area contributed by atoms with Crippen molar-refractivity contribution in [1.82, 2.24) is 5.32 Å². The highest BCUT2D eigenvalue weighted by molar-refractivity contribution is 5.77. The first-order chi connectivity index (χ1) is 9.02. The summed E-state index contributed by atoms with van der Waals surface area (Å²) >= 11 is 0. The van der Waals surface area contributed by atoms with Gasteiger partial charge in [-0.25, -0.2) is 0 Å². The zero-order valence-electron chi connectivity index (χ0n) is 12.0. The molecule has 0 bridgehead atoms. The third-order valence-corrected chi connectivity index (χ3v) is 2.84. The van der Waals surface area contributed by atoms with Crippen molar-refractivity contribution < 1.29 is 9.53 Å². The van der Waals surface area contributed by atoms with Gasteiger partial charge in [0.05, 0.1) is 13.2 Å². The molecule has 0 aromatic heterocycles. The molecule has 19 heavy (non-hydrogen) atoms. The van der Waals surface area contributed by atoms with Crippen molar-refractivity contribution in [2.75, 3.05) is 13.2 Å². The second-order valence-corrected chi connectivity index (χ2v) is 5.12. The predicted octanol–water partition coefficient (Wildman–Crippen LogP) is 1.99. The highest BCUT2D eigenvalue weighted by atomic mass is 16.5. The van der Waals surface area contributed by atoms with Crippen LogP contribution < -0.4 is 15.8 Å². The largest absolute Gasteiger partial charge is 0.493 e. The lowest BCUT2D eigenvalue weighted by Gasteiger charge is -2.14. The SMILES string of the molecule is Cc1ccc(CNC(=O)CN)c(OCCC(C)C)c1. The molecule has 0 radical (unpaired) electrons. The van der Waals surface area contributed by atoms with Crippen molar-refractivity contribution in [3.05, 3.63) is 29.3 Å². The Morgan fingerprint density at radius 3 is 2.79 bits per heavy atom. The number of benzene rings is 1. The molecule has 0 fully saturated rings. The molecule has 3 N–H and O–H groups in total. The quantitative estimate of drug-likeness (QED) is 0.791. The number of aryl methyl sites for hydroxylation is 1. The molecule has 1 aromatic rings. The lowest BCUT2D eigenvalue weighted by molar-refractivity contribution is -0.119. The molecule has 0 saturated carbocycles. The number of hydrogen-bond donors (Lipinski definition) is 2. The Balaban J connectivity index is 2.65. The molecule has 0 atom stereocenters. The van der Waals surface area contributed by atoms with Gasteiger partial charge in [-0.05, 0) is 30.9 Å². The van der Waals surface area contributed by atoms with Crippen LogP contribution >= 0.6 is 0 Å². The molecule has 0 saturated heterocycles. The third-order valence-electron chi connectivity index (χ3n) is 2.84. The number of carbonyl (C=O) groups excluding carboxylic acids is 1. The molecule has 106 valence electrons. The molecular formula is C15H24N2O2. The van der Waals surface area contributed by atoms with Crippen LogP contribution in [0.2, 0.25) is 0 Å². The number of nitrogens with one attached hydrogen (secondary N) is 1. The van der Waals surface area contributed by atoms with E-state index in [0.717, 1.165) is 23.3 Å². The second kappa shape index (κ2) is 7.79. The first kappa shape index (κ1) is 15.5. The summed E-state index contributed by atoms with van der Waals surface area (Å²) in [5.41, 5.74) is 7.40. The average molecular weight is 264 g/mol. The summed E-state index contributed by atoms with van der Waals surface area (Å²) in [6.07, 6.45) is 1.02. The topological polar surface area (TPSA) is 64.4 Å². The van der Waals surface area contributed by atoms with Crippen LogP contribution in [0, 0.1) is 12.8 Å². The fourth-order valence-corrected chi connectivity index (χ4v) is 1.61. The van der Waals surface area contributed by atoms with Crippen LogP contribution in [0.3, 0.4) is 0 Å². The second-order valence-electron chi connectivity index (χ2n) is 5.12. The fraction of sp³-hybridized carbons (Fsp3) is 0.533. The van der Waals surface area contributed by atoms with Crippen LogP contribution in [0.1, 0.15) is 31.4 Å². The summed E-state index contributed by atoms with van der Waals surface area (Å²) in [5.74, 6) is 1.30. The Morgan fingerprint density at radius 2 is 2.16 bits per heavy atom. The van der Waals surface area contributed by atoms with E-state index >= 15 is 0 Å². The summed E-state index contributed by atoms with van der Waals surface area (Å²) in [6, 6.07) is 6.00. The number of carbonyl (C=O) groups is 1. The maximum Gasteiger partial charge on any atom is 0.234 e. The monoisotopic (exact) mass is 264 g/mol. The van der Waals surface area contributed by atoms with E-state index in [0.29, 0.717) is 19.1 Å². The van der Waals surface area contributed by atoms with E-state index in [9.17, 15) is 4.79 Å². The van der Waals surface area contributed by atoms with Crippen molar-refractivity contribution in [2.45, 2.75) is 33.7 Å². The normalized spacial score (nSPS) is 10.6. The number of hydrogen-bond acceptors (Lipinski definition) is 3. The number of rotatable bonds is 7. The van der Waals surface area contributed by atoms with Crippen molar-refractivity contribution >= 4 is 5.91 Å². The Labute approximate surface area is 115 Å². The van der Waals surface area contributed by atoms with Crippen molar-refractivity contribution in [1.29, 1.82) is 0 Å². The minimum absolute atomic E-state index is 0.00933. The van der Waals surface area contributed by atoms with E-state index in [2.05, 4.69) is 19.2 Å². The van der Waals surface area contributed by atoms with E-state index in [-0.39, 0.29) is 12.5 Å². The molecule has 1 amide bonds. The molecule has 0 aliphatic heterocycles. The molecular weight excluding hydrogens is 240 g/mol. The Morgan fingerprint density at radius 1 is 1.42 bits per heavy atom. The van der Waals surface area contributed by atoms with E-state index in [1.54, 1.807) is 0 Å². The highest BCUT2D eigenvalue weighted by Gasteiger charge is 2.06. The average Bonchev–Trinajstić information content (AvgIpc) is 2.37. The molecule has 1 rings (SSSR count). The van der Waals surface area contributed by atoms with Crippen molar-refractivity contribution in [2.24, 2.45) is 11.7 Å². The standard InChI is InChI=1S/C15H24N2O2/c1-11(2)6-7-19-14-8-12(3)4-5-13(14)10-17-15(18)9-16/h4-5,8,11H,6-7,9-10,16H2,1-3H3,(H,17,18). The van der Waals surface area contributed by atoms with Gasteiger partial charge in [0.15, 0.2) is 0 Å². The van der Waals surface area contributed by atoms with Gasteiger partial charge in [0.2, 0.25) is 5.91 Å². The van der Waals surface area contributed by atoms with Crippen LogP contribution in [-0.4, -0.2) is 19.1 Å². The maximum atomic E-state index is 11.2. The molecule has 1 aromatic carbocycles. The van der Waals surface area contributed by atoms with Crippen LogP contribution in [0.4, 0.5) is 0 Å². The molecule has 0 aliphatic carbocycles. The van der Waals surface area contributed by atoms with Gasteiger partial charge in [0.1, 0.15) is 5.75 Å². The summed E-state index contributed by atoms with van der Waals surface area (Å²) in [4.78, 5) is 11.2. The van der Waals surface area contributed by atoms with E-state index < -0.39 is 0 Å². The highest BCUT2D eigenvalue weighted by Crippen LogP contribution is 2.21. The first-order valence-electron chi connectivity index (χ1n) is 6.72. The fourth-order valence-electron chi connectivity index (χ4n) is 1.61. The van der Waals surface area contributed by atoms with Gasteiger partial charge in [0.25, 0.3) is 0 Å². The van der Waals surface area contributed by atoms with Crippen molar-refractivity contribution in [3.8, 4) is 5.75 Å². The Bertz CT molecular complexity index is 417. The molecule has 0 aliphatic rings. The van der Waals surface area contributed by atoms with E-state index in [1.807, 2.05) is 25.1 Å². The maximum absolute atomic E-state index is 11.2. The molecule has 4 heteroatoms. The first-order valence-corrected chi connectivity index (χ1v) is 6.72. The predicted molar refractivity (Wildman–Crippen MR) is 77.0 cm³/mol. The van der Waals surface area contributed by atoms with E-state index in [4.69, 9.17) is 10.5 Å². The van der Waals surface area contributed by atoms with Gasteiger partial charge < -0.3 is 15.8 Å². The van der Waals surface area contributed by atoms with Gasteiger partial charge in [-0.3, -0.25) is 4.79 Å². The lowest BCUT2D eigenvalue weighted by atomic mass is 10.1. The van der Waals surface area contributed by atoms with Gasteiger partial charge >= 0.3 is 0 Å². The number of ether oxygens (including phenoxy) is 1. The zero-order chi connectivity index (χ0) is 14.3.